The number of thiophene rings is 1. The number of anilines is 1. The molecule has 0 fully saturated rings. The van der Waals surface area contributed by atoms with Gasteiger partial charge in [-0.2, -0.15) is 0 Å². The Morgan fingerprint density at radius 2 is 1.96 bits per heavy atom. The minimum absolute atomic E-state index is 0.0599. The van der Waals surface area contributed by atoms with Gasteiger partial charge < -0.3 is 10.4 Å². The van der Waals surface area contributed by atoms with Crippen LogP contribution in [0.15, 0.2) is 42.5 Å². The lowest BCUT2D eigenvalue weighted by molar-refractivity contribution is -0.116. The Labute approximate surface area is 167 Å². The van der Waals surface area contributed by atoms with E-state index < -0.39 is 29.4 Å². The number of nitrogens with one attached hydrogen (secondary N) is 1. The van der Waals surface area contributed by atoms with Crippen molar-refractivity contribution in [2.75, 3.05) is 5.32 Å². The number of rotatable bonds is 3. The van der Waals surface area contributed by atoms with E-state index >= 15 is 0 Å². The molecule has 0 saturated carbocycles. The van der Waals surface area contributed by atoms with Gasteiger partial charge in [0.2, 0.25) is 5.91 Å². The third-order valence-electron chi connectivity index (χ3n) is 4.56. The van der Waals surface area contributed by atoms with Crippen molar-refractivity contribution >= 4 is 40.5 Å². The number of halogens is 3. The number of carboxylic acid groups (broad SMARTS) is 1. The molecule has 1 aliphatic rings. The zero-order valence-electron chi connectivity index (χ0n) is 14.1. The van der Waals surface area contributed by atoms with E-state index in [1.807, 2.05) is 0 Å². The lowest BCUT2D eigenvalue weighted by atomic mass is 9.88. The summed E-state index contributed by atoms with van der Waals surface area (Å²) in [6, 6.07) is 9.67. The molecule has 0 radical (unpaired) electrons. The van der Waals surface area contributed by atoms with Crippen molar-refractivity contribution in [3.05, 3.63) is 74.4 Å². The second-order valence-corrected chi connectivity index (χ2v) is 7.76. The minimum atomic E-state index is -1.22. The molecular weight excluding hydrogens is 408 g/mol. The predicted octanol–water partition coefficient (Wildman–Crippen LogP) is 5.52. The minimum Gasteiger partial charge on any atom is -0.477 e. The van der Waals surface area contributed by atoms with Gasteiger partial charge in [-0.15, -0.1) is 11.3 Å². The molecule has 28 heavy (non-hydrogen) atoms. The fourth-order valence-electron chi connectivity index (χ4n) is 3.43. The van der Waals surface area contributed by atoms with E-state index in [1.54, 1.807) is 6.07 Å². The number of hydrogen-bond donors (Lipinski definition) is 2. The molecular formula is C20H12ClF2NO3S. The zero-order valence-corrected chi connectivity index (χ0v) is 15.7. The van der Waals surface area contributed by atoms with E-state index in [4.69, 9.17) is 11.6 Å². The number of fused-ring (bicyclic) bond motifs is 1. The van der Waals surface area contributed by atoms with Crippen LogP contribution in [0.1, 0.15) is 32.5 Å². The molecule has 2 N–H and O–H groups in total. The third-order valence-corrected chi connectivity index (χ3v) is 6.18. The average Bonchev–Trinajstić information content (AvgIpc) is 3.01. The largest absolute Gasteiger partial charge is 0.477 e. The summed E-state index contributed by atoms with van der Waals surface area (Å²) in [5.74, 6) is -3.46. The second-order valence-electron chi connectivity index (χ2n) is 6.30. The van der Waals surface area contributed by atoms with Crippen LogP contribution in [0.25, 0.3) is 11.1 Å². The van der Waals surface area contributed by atoms with E-state index in [0.29, 0.717) is 10.4 Å². The van der Waals surface area contributed by atoms with Gasteiger partial charge in [0.25, 0.3) is 0 Å². The van der Waals surface area contributed by atoms with Crippen LogP contribution in [-0.2, 0) is 4.79 Å². The molecule has 1 amide bonds. The third kappa shape index (κ3) is 3.06. The fraction of sp³-hybridized carbons (Fsp3) is 0.100. The summed E-state index contributed by atoms with van der Waals surface area (Å²) in [7, 11) is 0. The van der Waals surface area contributed by atoms with Gasteiger partial charge in [0.05, 0.1) is 5.69 Å². The summed E-state index contributed by atoms with van der Waals surface area (Å²) >= 11 is 7.12. The maximum Gasteiger partial charge on any atom is 0.346 e. The van der Waals surface area contributed by atoms with E-state index in [1.165, 1.54) is 36.4 Å². The Kier molecular flexibility index (Phi) is 4.64. The normalized spacial score (nSPS) is 15.8. The van der Waals surface area contributed by atoms with Crippen LogP contribution in [0.3, 0.4) is 0 Å². The lowest BCUT2D eigenvalue weighted by Crippen LogP contribution is -2.23. The summed E-state index contributed by atoms with van der Waals surface area (Å²) in [4.78, 5) is 24.6. The van der Waals surface area contributed by atoms with Crippen molar-refractivity contribution in [3.8, 4) is 11.1 Å². The number of aromatic carboxylic acids is 1. The van der Waals surface area contributed by atoms with Gasteiger partial charge in [-0.25, -0.2) is 13.6 Å². The van der Waals surface area contributed by atoms with Crippen LogP contribution in [0, 0.1) is 11.6 Å². The van der Waals surface area contributed by atoms with Gasteiger partial charge in [0, 0.05) is 33.4 Å². The predicted molar refractivity (Wildman–Crippen MR) is 103 cm³/mol. The van der Waals surface area contributed by atoms with Crippen molar-refractivity contribution in [2.24, 2.45) is 0 Å². The van der Waals surface area contributed by atoms with E-state index in [-0.39, 0.29) is 33.1 Å². The van der Waals surface area contributed by atoms with Gasteiger partial charge in [-0.1, -0.05) is 29.8 Å². The zero-order chi connectivity index (χ0) is 20.0. The molecule has 1 aromatic heterocycles. The molecule has 1 unspecified atom stereocenters. The first kappa shape index (κ1) is 18.6. The number of hydrogen-bond acceptors (Lipinski definition) is 3. The first-order valence-electron chi connectivity index (χ1n) is 8.26. The summed E-state index contributed by atoms with van der Waals surface area (Å²) < 4.78 is 28.3. The van der Waals surface area contributed by atoms with Crippen molar-refractivity contribution in [2.45, 2.75) is 12.3 Å². The van der Waals surface area contributed by atoms with Gasteiger partial charge in [0.15, 0.2) is 0 Å². The Hall–Kier alpha value is -2.77. The smallest absolute Gasteiger partial charge is 0.346 e. The van der Waals surface area contributed by atoms with Crippen LogP contribution >= 0.6 is 22.9 Å². The molecule has 3 aromatic rings. The molecule has 4 nitrogen and oxygen atoms in total. The second kappa shape index (κ2) is 7.00. The van der Waals surface area contributed by atoms with Crippen molar-refractivity contribution in [1.82, 2.24) is 0 Å². The highest BCUT2D eigenvalue weighted by molar-refractivity contribution is 7.15. The van der Waals surface area contributed by atoms with Crippen LogP contribution in [0.2, 0.25) is 5.02 Å². The molecule has 1 atom stereocenters. The van der Waals surface area contributed by atoms with E-state index in [2.05, 4.69) is 5.32 Å². The quantitative estimate of drug-likeness (QED) is 0.587. The van der Waals surface area contributed by atoms with Crippen LogP contribution in [0.4, 0.5) is 14.5 Å². The fourth-order valence-corrected chi connectivity index (χ4v) is 4.96. The number of benzene rings is 2. The van der Waals surface area contributed by atoms with E-state index in [9.17, 15) is 23.5 Å². The molecule has 8 heteroatoms. The Bertz CT molecular complexity index is 1110. The highest BCUT2D eigenvalue weighted by atomic mass is 35.5. The standard InChI is InChI=1S/C20H12ClF2NO3S/c21-12-5-2-6-13(23)16(12)11-8-14(25)24-17-15(9-3-1-4-10(22)7-9)19(20(26)27)28-18(11)17/h1-7,11H,8H2,(H,24,25)(H,26,27). The number of carboxylic acids is 1. The Morgan fingerprint density at radius 1 is 1.21 bits per heavy atom. The molecule has 0 saturated heterocycles. The van der Waals surface area contributed by atoms with Crippen LogP contribution in [0.5, 0.6) is 0 Å². The summed E-state index contributed by atoms with van der Waals surface area (Å²) in [5.41, 5.74) is 0.922. The molecule has 4 rings (SSSR count). The summed E-state index contributed by atoms with van der Waals surface area (Å²) in [6.45, 7) is 0. The first-order chi connectivity index (χ1) is 13.4. The monoisotopic (exact) mass is 419 g/mol. The van der Waals surface area contributed by atoms with Gasteiger partial charge >= 0.3 is 5.97 Å². The molecule has 2 aromatic carbocycles. The lowest BCUT2D eigenvalue weighted by Gasteiger charge is -2.25. The number of carbonyl (C=O) groups is 2. The summed E-state index contributed by atoms with van der Waals surface area (Å²) in [6.07, 6.45) is -0.0736. The van der Waals surface area contributed by atoms with Crippen molar-refractivity contribution in [1.29, 1.82) is 0 Å². The maximum absolute atomic E-state index is 14.5. The molecule has 2 heterocycles. The number of amides is 1. The van der Waals surface area contributed by atoms with Crippen LogP contribution < -0.4 is 5.32 Å². The Morgan fingerprint density at radius 3 is 2.64 bits per heavy atom. The highest BCUT2D eigenvalue weighted by Crippen LogP contribution is 2.50. The first-order valence-corrected chi connectivity index (χ1v) is 9.46. The van der Waals surface area contributed by atoms with Gasteiger partial charge in [0.1, 0.15) is 16.5 Å². The topological polar surface area (TPSA) is 66.4 Å². The Balaban J connectivity index is 1.99. The van der Waals surface area contributed by atoms with Crippen molar-refractivity contribution in [3.63, 3.8) is 0 Å². The SMILES string of the molecule is O=C1CC(c2c(F)cccc2Cl)c2sc(C(=O)O)c(-c3cccc(F)c3)c2N1. The van der Waals surface area contributed by atoms with Crippen LogP contribution in [-0.4, -0.2) is 17.0 Å². The average molecular weight is 420 g/mol. The number of carbonyl (C=O) groups excluding carboxylic acids is 1. The molecule has 142 valence electrons. The van der Waals surface area contributed by atoms with Gasteiger partial charge in [-0.3, -0.25) is 4.79 Å². The summed E-state index contributed by atoms with van der Waals surface area (Å²) in [5, 5.41) is 12.5. The molecule has 0 spiro atoms. The van der Waals surface area contributed by atoms with Gasteiger partial charge in [-0.05, 0) is 29.8 Å². The van der Waals surface area contributed by atoms with E-state index in [0.717, 1.165) is 11.3 Å². The highest BCUT2D eigenvalue weighted by Gasteiger charge is 2.36. The van der Waals surface area contributed by atoms with Crippen molar-refractivity contribution < 1.29 is 23.5 Å². The molecule has 0 bridgehead atoms. The molecule has 0 aliphatic carbocycles. The maximum atomic E-state index is 14.5. The molecule has 1 aliphatic heterocycles.